The summed E-state index contributed by atoms with van der Waals surface area (Å²) in [4.78, 5) is 28.2. The monoisotopic (exact) mass is 397 g/mol. The van der Waals surface area contributed by atoms with Gasteiger partial charge in [0.2, 0.25) is 0 Å². The molecule has 4 rings (SSSR count). The third-order valence-corrected chi connectivity index (χ3v) is 5.24. The summed E-state index contributed by atoms with van der Waals surface area (Å²) in [7, 11) is 0. The molecule has 0 unspecified atom stereocenters. The summed E-state index contributed by atoms with van der Waals surface area (Å²) in [5.74, 6) is -0.110. The van der Waals surface area contributed by atoms with E-state index >= 15 is 0 Å². The van der Waals surface area contributed by atoms with Crippen LogP contribution in [0.4, 0.5) is 0 Å². The third kappa shape index (κ3) is 4.03. The molecule has 0 fully saturated rings. The largest absolute Gasteiger partial charge is 0.464 e. The Balaban J connectivity index is 1.74. The number of rotatable bonds is 5. The summed E-state index contributed by atoms with van der Waals surface area (Å²) >= 11 is 0. The zero-order valence-corrected chi connectivity index (χ0v) is 17.1. The Morgan fingerprint density at radius 3 is 2.40 bits per heavy atom. The predicted octanol–water partition coefficient (Wildman–Crippen LogP) is 5.25. The maximum Gasteiger partial charge on any atom is 0.254 e. The number of amides is 1. The third-order valence-electron chi connectivity index (χ3n) is 5.24. The molecule has 1 aromatic heterocycles. The van der Waals surface area contributed by atoms with Gasteiger partial charge >= 0.3 is 0 Å². The van der Waals surface area contributed by atoms with Crippen LogP contribution in [0.3, 0.4) is 0 Å². The molecule has 0 spiro atoms. The summed E-state index contributed by atoms with van der Waals surface area (Å²) in [6.45, 7) is 4.43. The van der Waals surface area contributed by atoms with Gasteiger partial charge in [-0.2, -0.15) is 0 Å². The van der Waals surface area contributed by atoms with Crippen LogP contribution in [-0.2, 0) is 13.1 Å². The van der Waals surface area contributed by atoms with Crippen LogP contribution >= 0.6 is 0 Å². The summed E-state index contributed by atoms with van der Waals surface area (Å²) in [6.07, 6.45) is 1.48. The van der Waals surface area contributed by atoms with Gasteiger partial charge in [0.05, 0.1) is 23.8 Å². The first-order valence-corrected chi connectivity index (χ1v) is 9.93. The topological polar surface area (TPSA) is 50.5 Å². The van der Waals surface area contributed by atoms with Crippen molar-refractivity contribution in [2.24, 2.45) is 0 Å². The van der Waals surface area contributed by atoms with E-state index in [0.717, 1.165) is 16.7 Å². The van der Waals surface area contributed by atoms with Gasteiger partial charge in [-0.1, -0.05) is 60.2 Å². The molecule has 1 heterocycles. The van der Waals surface area contributed by atoms with Crippen molar-refractivity contribution in [3.8, 4) is 0 Å². The number of aryl methyl sites for hydroxylation is 2. The highest BCUT2D eigenvalue weighted by molar-refractivity contribution is 5.95. The van der Waals surface area contributed by atoms with Crippen molar-refractivity contribution in [2.45, 2.75) is 26.9 Å². The van der Waals surface area contributed by atoms with Crippen LogP contribution < -0.4 is 5.43 Å². The van der Waals surface area contributed by atoms with Crippen LogP contribution in [0, 0.1) is 13.8 Å². The Morgan fingerprint density at radius 1 is 0.900 bits per heavy atom. The predicted molar refractivity (Wildman–Crippen MR) is 118 cm³/mol. The summed E-state index contributed by atoms with van der Waals surface area (Å²) in [6, 6.07) is 22.8. The van der Waals surface area contributed by atoms with Gasteiger partial charge in [0.15, 0.2) is 5.43 Å². The zero-order chi connectivity index (χ0) is 21.1. The molecule has 0 saturated heterocycles. The minimum atomic E-state index is -0.110. The van der Waals surface area contributed by atoms with E-state index in [-0.39, 0.29) is 17.9 Å². The van der Waals surface area contributed by atoms with Gasteiger partial charge in [-0.25, -0.2) is 0 Å². The molecular formula is C26H23NO3. The van der Waals surface area contributed by atoms with Gasteiger partial charge in [-0.05, 0) is 43.2 Å². The van der Waals surface area contributed by atoms with E-state index in [9.17, 15) is 9.59 Å². The first-order valence-electron chi connectivity index (χ1n) is 9.93. The number of benzene rings is 3. The highest BCUT2D eigenvalue weighted by atomic mass is 16.3. The second-order valence-corrected chi connectivity index (χ2v) is 7.55. The maximum atomic E-state index is 13.4. The zero-order valence-electron chi connectivity index (χ0n) is 17.1. The highest BCUT2D eigenvalue weighted by Crippen LogP contribution is 2.18. The maximum absolute atomic E-state index is 13.4. The normalized spacial score (nSPS) is 10.9. The molecule has 4 nitrogen and oxygen atoms in total. The smallest absolute Gasteiger partial charge is 0.254 e. The van der Waals surface area contributed by atoms with E-state index in [1.54, 1.807) is 11.0 Å². The quantitative estimate of drug-likeness (QED) is 0.462. The van der Waals surface area contributed by atoms with Gasteiger partial charge in [0.1, 0.15) is 5.58 Å². The number of carbonyl (C=O) groups excluding carboxylic acids is 1. The number of fused-ring (bicyclic) bond motifs is 1. The fourth-order valence-corrected chi connectivity index (χ4v) is 3.59. The molecule has 4 heteroatoms. The Morgan fingerprint density at radius 2 is 1.63 bits per heavy atom. The average molecular weight is 397 g/mol. The van der Waals surface area contributed by atoms with E-state index in [1.165, 1.54) is 6.26 Å². The van der Waals surface area contributed by atoms with Crippen LogP contribution in [0.1, 0.15) is 32.6 Å². The summed E-state index contributed by atoms with van der Waals surface area (Å²) in [5, 5.41) is 0.538. The van der Waals surface area contributed by atoms with Crippen LogP contribution in [-0.4, -0.2) is 10.8 Å². The highest BCUT2D eigenvalue weighted by Gasteiger charge is 2.20. The van der Waals surface area contributed by atoms with Gasteiger partial charge in [0.25, 0.3) is 5.91 Å². The van der Waals surface area contributed by atoms with Crippen molar-refractivity contribution < 1.29 is 9.21 Å². The fourth-order valence-electron chi connectivity index (χ4n) is 3.59. The molecule has 0 aliphatic carbocycles. The second kappa shape index (κ2) is 8.37. The average Bonchev–Trinajstić information content (AvgIpc) is 2.76. The van der Waals surface area contributed by atoms with Crippen molar-refractivity contribution in [3.05, 3.63) is 117 Å². The van der Waals surface area contributed by atoms with Crippen molar-refractivity contribution in [3.63, 3.8) is 0 Å². The van der Waals surface area contributed by atoms with Crippen LogP contribution in [0.2, 0.25) is 0 Å². The molecular weight excluding hydrogens is 374 g/mol. The van der Waals surface area contributed by atoms with Crippen molar-refractivity contribution in [2.75, 3.05) is 0 Å². The van der Waals surface area contributed by atoms with E-state index in [2.05, 4.69) is 0 Å². The molecule has 0 aliphatic heterocycles. The van der Waals surface area contributed by atoms with Crippen LogP contribution in [0.5, 0.6) is 0 Å². The van der Waals surface area contributed by atoms with Gasteiger partial charge in [0, 0.05) is 12.1 Å². The summed E-state index contributed by atoms with van der Waals surface area (Å²) in [5.41, 5.74) is 4.44. The Kier molecular flexibility index (Phi) is 5.48. The lowest BCUT2D eigenvalue weighted by Crippen LogP contribution is -2.32. The molecule has 1 amide bonds. The van der Waals surface area contributed by atoms with Gasteiger partial charge in [-0.15, -0.1) is 0 Å². The molecule has 3 aromatic carbocycles. The fraction of sp³-hybridized carbons (Fsp3) is 0.154. The Labute approximate surface area is 175 Å². The van der Waals surface area contributed by atoms with Crippen molar-refractivity contribution >= 4 is 16.9 Å². The molecule has 0 bridgehead atoms. The first kappa shape index (κ1) is 19.6. The number of nitrogens with zero attached hydrogens (tertiary/aromatic N) is 1. The minimum absolute atomic E-state index is 0.101. The Bertz CT molecular complexity index is 1260. The SMILES string of the molecule is Cc1ccc2occ(CN(Cc3ccccc3)C(=O)c3ccccc3C)c(=O)c2c1. The van der Waals surface area contributed by atoms with Crippen LogP contribution in [0.15, 0.2) is 88.3 Å². The van der Waals surface area contributed by atoms with Crippen molar-refractivity contribution in [1.29, 1.82) is 0 Å². The summed E-state index contributed by atoms with van der Waals surface area (Å²) < 4.78 is 5.70. The van der Waals surface area contributed by atoms with E-state index in [0.29, 0.717) is 28.6 Å². The van der Waals surface area contributed by atoms with E-state index < -0.39 is 0 Å². The molecule has 0 N–H and O–H groups in total. The lowest BCUT2D eigenvalue weighted by atomic mass is 10.1. The molecule has 0 radical (unpaired) electrons. The van der Waals surface area contributed by atoms with Gasteiger partial charge in [-0.3, -0.25) is 9.59 Å². The van der Waals surface area contributed by atoms with E-state index in [4.69, 9.17) is 4.42 Å². The standard InChI is InChI=1S/C26H23NO3/c1-18-12-13-24-23(14-18)25(28)21(17-30-24)16-27(15-20-9-4-3-5-10-20)26(29)22-11-7-6-8-19(22)2/h3-14,17H,15-16H2,1-2H3. The molecule has 4 aromatic rings. The molecule has 0 atom stereocenters. The lowest BCUT2D eigenvalue weighted by molar-refractivity contribution is 0.0728. The molecule has 0 saturated carbocycles. The lowest BCUT2D eigenvalue weighted by Gasteiger charge is -2.23. The number of hydrogen-bond donors (Lipinski definition) is 0. The number of hydrogen-bond acceptors (Lipinski definition) is 3. The van der Waals surface area contributed by atoms with Gasteiger partial charge < -0.3 is 9.32 Å². The molecule has 0 aliphatic rings. The van der Waals surface area contributed by atoms with E-state index in [1.807, 2.05) is 80.6 Å². The number of carbonyl (C=O) groups is 1. The second-order valence-electron chi connectivity index (χ2n) is 7.55. The Hall–Kier alpha value is -3.66. The molecule has 150 valence electrons. The minimum Gasteiger partial charge on any atom is -0.464 e. The van der Waals surface area contributed by atoms with Crippen LogP contribution in [0.25, 0.3) is 11.0 Å². The first-order chi connectivity index (χ1) is 14.5. The van der Waals surface area contributed by atoms with Crippen molar-refractivity contribution in [1.82, 2.24) is 4.90 Å². The molecule has 30 heavy (non-hydrogen) atoms.